The summed E-state index contributed by atoms with van der Waals surface area (Å²) >= 11 is 1.59. The summed E-state index contributed by atoms with van der Waals surface area (Å²) in [6.45, 7) is 0.539. The van der Waals surface area contributed by atoms with Crippen molar-refractivity contribution in [3.8, 4) is 6.07 Å². The van der Waals surface area contributed by atoms with E-state index in [9.17, 15) is 10.4 Å². The van der Waals surface area contributed by atoms with Gasteiger partial charge in [-0.1, -0.05) is 30.3 Å². The van der Waals surface area contributed by atoms with E-state index in [1.165, 1.54) is 0 Å². The van der Waals surface area contributed by atoms with Crippen molar-refractivity contribution in [3.63, 3.8) is 0 Å². The molecular weight excluding hydrogens is 280 g/mol. The average Bonchev–Trinajstić information content (AvgIpc) is 3.01. The molecule has 0 spiro atoms. The third-order valence-electron chi connectivity index (χ3n) is 4.26. The molecule has 1 atom stereocenters. The number of hydrogen-bond acceptors (Lipinski definition) is 4. The highest BCUT2D eigenvalue weighted by atomic mass is 32.1. The predicted molar refractivity (Wildman–Crippen MR) is 84.0 cm³/mol. The van der Waals surface area contributed by atoms with Gasteiger partial charge in [0.1, 0.15) is 0 Å². The van der Waals surface area contributed by atoms with Gasteiger partial charge in [-0.2, -0.15) is 16.6 Å². The molecule has 2 aromatic rings. The van der Waals surface area contributed by atoms with Crippen LogP contribution < -0.4 is 5.32 Å². The van der Waals surface area contributed by atoms with E-state index < -0.39 is 6.10 Å². The second-order valence-corrected chi connectivity index (χ2v) is 6.43. The summed E-state index contributed by atoms with van der Waals surface area (Å²) in [7, 11) is 0. The van der Waals surface area contributed by atoms with Gasteiger partial charge in [0.15, 0.2) is 0 Å². The minimum absolute atomic E-state index is 0.304. The quantitative estimate of drug-likeness (QED) is 0.892. The number of aliphatic hydroxyl groups is 1. The molecule has 1 aliphatic rings. The minimum atomic E-state index is -0.468. The van der Waals surface area contributed by atoms with Crippen LogP contribution in [-0.2, 0) is 5.41 Å². The minimum Gasteiger partial charge on any atom is -0.387 e. The van der Waals surface area contributed by atoms with Crippen LogP contribution in [0, 0.1) is 11.3 Å². The van der Waals surface area contributed by atoms with Crippen LogP contribution in [0.5, 0.6) is 0 Å². The van der Waals surface area contributed by atoms with Crippen LogP contribution in [0.1, 0.15) is 30.1 Å². The number of rotatable bonds is 5. The topological polar surface area (TPSA) is 56.0 Å². The van der Waals surface area contributed by atoms with Crippen LogP contribution in [0.15, 0.2) is 47.2 Å². The Kier molecular flexibility index (Phi) is 4.07. The number of hydrogen-bond donors (Lipinski definition) is 2. The molecule has 1 unspecified atom stereocenters. The maximum atomic E-state index is 10.1. The van der Waals surface area contributed by atoms with Crippen LogP contribution in [0.3, 0.4) is 0 Å². The second kappa shape index (κ2) is 5.98. The van der Waals surface area contributed by atoms with Gasteiger partial charge in [-0.25, -0.2) is 0 Å². The standard InChI is InChI=1S/C17H18N2OS/c18-12-17(14-4-2-1-3-5-14)8-15(9-17)19-10-16(20)13-6-7-21-11-13/h1-7,11,15-16,19-20H,8-10H2. The molecule has 1 saturated carbocycles. The van der Waals surface area contributed by atoms with E-state index in [-0.39, 0.29) is 5.41 Å². The van der Waals surface area contributed by atoms with Gasteiger partial charge in [-0.3, -0.25) is 0 Å². The smallest absolute Gasteiger partial charge is 0.0922 e. The summed E-state index contributed by atoms with van der Waals surface area (Å²) in [6.07, 6.45) is 1.15. The van der Waals surface area contributed by atoms with Crippen LogP contribution in [0.4, 0.5) is 0 Å². The van der Waals surface area contributed by atoms with Crippen LogP contribution in [0.2, 0.25) is 0 Å². The maximum Gasteiger partial charge on any atom is 0.0922 e. The van der Waals surface area contributed by atoms with E-state index in [1.54, 1.807) is 11.3 Å². The Balaban J connectivity index is 1.54. The zero-order valence-electron chi connectivity index (χ0n) is 11.7. The lowest BCUT2D eigenvalue weighted by molar-refractivity contribution is 0.147. The van der Waals surface area contributed by atoms with E-state index in [1.807, 2.05) is 47.2 Å². The number of aliphatic hydroxyl groups excluding tert-OH is 1. The van der Waals surface area contributed by atoms with Crippen molar-refractivity contribution in [1.29, 1.82) is 5.26 Å². The van der Waals surface area contributed by atoms with Gasteiger partial charge in [0.2, 0.25) is 0 Å². The molecule has 2 N–H and O–H groups in total. The van der Waals surface area contributed by atoms with Crippen molar-refractivity contribution in [2.24, 2.45) is 0 Å². The molecule has 0 bridgehead atoms. The van der Waals surface area contributed by atoms with E-state index in [2.05, 4.69) is 11.4 Å². The Morgan fingerprint density at radius 1 is 1.33 bits per heavy atom. The Bertz CT molecular complexity index is 612. The van der Waals surface area contributed by atoms with E-state index in [4.69, 9.17) is 0 Å². The van der Waals surface area contributed by atoms with Crippen LogP contribution in [-0.4, -0.2) is 17.7 Å². The number of thiophene rings is 1. The highest BCUT2D eigenvalue weighted by molar-refractivity contribution is 7.07. The first-order valence-corrected chi connectivity index (χ1v) is 8.08. The molecule has 3 nitrogen and oxygen atoms in total. The highest BCUT2D eigenvalue weighted by Crippen LogP contribution is 2.43. The lowest BCUT2D eigenvalue weighted by Crippen LogP contribution is -2.51. The van der Waals surface area contributed by atoms with Crippen molar-refractivity contribution in [2.45, 2.75) is 30.4 Å². The maximum absolute atomic E-state index is 10.1. The van der Waals surface area contributed by atoms with Crippen LogP contribution in [0.25, 0.3) is 0 Å². The normalized spacial score (nSPS) is 25.8. The zero-order chi connectivity index (χ0) is 14.7. The molecule has 1 aromatic carbocycles. The summed E-state index contributed by atoms with van der Waals surface area (Å²) in [5.74, 6) is 0. The van der Waals surface area contributed by atoms with Crippen molar-refractivity contribution >= 4 is 11.3 Å². The van der Waals surface area contributed by atoms with Crippen molar-refractivity contribution in [1.82, 2.24) is 5.32 Å². The first kappa shape index (κ1) is 14.3. The van der Waals surface area contributed by atoms with Gasteiger partial charge >= 0.3 is 0 Å². The first-order valence-electron chi connectivity index (χ1n) is 7.14. The van der Waals surface area contributed by atoms with E-state index in [0.29, 0.717) is 12.6 Å². The molecule has 0 aliphatic heterocycles. The summed E-state index contributed by atoms with van der Waals surface area (Å²) in [4.78, 5) is 0. The molecule has 1 aromatic heterocycles. The monoisotopic (exact) mass is 298 g/mol. The third-order valence-corrected chi connectivity index (χ3v) is 4.96. The molecule has 0 saturated heterocycles. The zero-order valence-corrected chi connectivity index (χ0v) is 12.5. The van der Waals surface area contributed by atoms with Crippen molar-refractivity contribution in [3.05, 3.63) is 58.3 Å². The van der Waals surface area contributed by atoms with Gasteiger partial charge in [-0.05, 0) is 40.8 Å². The third kappa shape index (κ3) is 2.86. The lowest BCUT2D eigenvalue weighted by Gasteiger charge is -2.43. The van der Waals surface area contributed by atoms with Gasteiger partial charge in [-0.15, -0.1) is 0 Å². The predicted octanol–water partition coefficient (Wildman–Crippen LogP) is 3.00. The largest absolute Gasteiger partial charge is 0.387 e. The number of nitriles is 1. The highest BCUT2D eigenvalue weighted by Gasteiger charge is 2.45. The van der Waals surface area contributed by atoms with Gasteiger partial charge in [0.25, 0.3) is 0 Å². The Hall–Kier alpha value is -1.67. The van der Waals surface area contributed by atoms with Gasteiger partial charge in [0, 0.05) is 12.6 Å². The van der Waals surface area contributed by atoms with Crippen molar-refractivity contribution in [2.75, 3.05) is 6.54 Å². The Morgan fingerprint density at radius 3 is 2.71 bits per heavy atom. The fourth-order valence-corrected chi connectivity index (χ4v) is 3.64. The summed E-state index contributed by atoms with van der Waals surface area (Å²) in [5, 5.41) is 26.9. The molecule has 0 amide bonds. The molecule has 0 radical (unpaired) electrons. The van der Waals surface area contributed by atoms with E-state index in [0.717, 1.165) is 24.0 Å². The lowest BCUT2D eigenvalue weighted by atomic mass is 9.62. The fraction of sp³-hybridized carbons (Fsp3) is 0.353. The SMILES string of the molecule is N#CC1(c2ccccc2)CC(NCC(O)c2ccsc2)C1. The number of benzene rings is 1. The summed E-state index contributed by atoms with van der Waals surface area (Å²) < 4.78 is 0. The van der Waals surface area contributed by atoms with Crippen LogP contribution >= 0.6 is 11.3 Å². The number of nitrogens with zero attached hydrogens (tertiary/aromatic N) is 1. The van der Waals surface area contributed by atoms with Gasteiger partial charge < -0.3 is 10.4 Å². The average molecular weight is 298 g/mol. The molecule has 1 heterocycles. The molecular formula is C17H18N2OS. The molecule has 1 fully saturated rings. The molecule has 108 valence electrons. The molecule has 3 rings (SSSR count). The molecule has 21 heavy (non-hydrogen) atoms. The van der Waals surface area contributed by atoms with Crippen molar-refractivity contribution < 1.29 is 5.11 Å². The number of nitrogens with one attached hydrogen (secondary N) is 1. The fourth-order valence-electron chi connectivity index (χ4n) is 2.94. The Labute approximate surface area is 128 Å². The molecule has 1 aliphatic carbocycles. The van der Waals surface area contributed by atoms with E-state index >= 15 is 0 Å². The second-order valence-electron chi connectivity index (χ2n) is 5.65. The molecule has 4 heteroatoms. The summed E-state index contributed by atoms with van der Waals surface area (Å²) in [6, 6.07) is 14.7. The first-order chi connectivity index (χ1) is 10.2. The van der Waals surface area contributed by atoms with Gasteiger partial charge in [0.05, 0.1) is 17.6 Å². The summed E-state index contributed by atoms with van der Waals surface area (Å²) in [5.41, 5.74) is 1.71. The Morgan fingerprint density at radius 2 is 2.10 bits per heavy atom.